The van der Waals surface area contributed by atoms with E-state index in [-0.39, 0.29) is 5.91 Å². The molecular formula is C13H21N2O+. The summed E-state index contributed by atoms with van der Waals surface area (Å²) in [6.07, 6.45) is 4.20. The molecule has 2 heterocycles. The molecule has 0 unspecified atom stereocenters. The number of carbonyl (C=O) groups is 1. The Morgan fingerprint density at radius 2 is 2.25 bits per heavy atom. The quantitative estimate of drug-likeness (QED) is 0.475. The predicted molar refractivity (Wildman–Crippen MR) is 63.6 cm³/mol. The molecule has 2 saturated heterocycles. The van der Waals surface area contributed by atoms with Gasteiger partial charge in [0.15, 0.2) is 6.04 Å². The number of amides is 1. The summed E-state index contributed by atoms with van der Waals surface area (Å²) in [4.78, 5) is 13.3. The zero-order valence-corrected chi connectivity index (χ0v) is 10.3. The van der Waals surface area contributed by atoms with Crippen molar-refractivity contribution in [3.8, 4) is 11.8 Å². The van der Waals surface area contributed by atoms with E-state index in [9.17, 15) is 4.79 Å². The van der Waals surface area contributed by atoms with Gasteiger partial charge in [-0.3, -0.25) is 4.79 Å². The third-order valence-corrected chi connectivity index (χ3v) is 3.77. The van der Waals surface area contributed by atoms with Crippen molar-refractivity contribution < 1.29 is 9.28 Å². The second-order valence-corrected chi connectivity index (χ2v) is 5.40. The predicted octanol–water partition coefficient (Wildman–Crippen LogP) is 0.851. The second kappa shape index (κ2) is 4.47. The molecule has 2 aliphatic rings. The Hall–Kier alpha value is -1.01. The highest BCUT2D eigenvalue weighted by Gasteiger charge is 2.32. The molecule has 0 N–H and O–H groups in total. The van der Waals surface area contributed by atoms with Crippen LogP contribution in [0, 0.1) is 11.8 Å². The highest BCUT2D eigenvalue weighted by atomic mass is 16.2. The Morgan fingerprint density at radius 1 is 1.44 bits per heavy atom. The number of hydrogen-bond donors (Lipinski definition) is 0. The summed E-state index contributed by atoms with van der Waals surface area (Å²) in [6, 6.07) is 0.470. The van der Waals surface area contributed by atoms with Crippen LogP contribution in [0.2, 0.25) is 0 Å². The van der Waals surface area contributed by atoms with Gasteiger partial charge in [-0.15, -0.1) is 0 Å². The van der Waals surface area contributed by atoms with Crippen molar-refractivity contribution in [2.45, 2.75) is 31.7 Å². The summed E-state index contributed by atoms with van der Waals surface area (Å²) in [5.41, 5.74) is 0. The van der Waals surface area contributed by atoms with Gasteiger partial charge in [-0.25, -0.2) is 0 Å². The first-order valence-corrected chi connectivity index (χ1v) is 6.18. The average molecular weight is 221 g/mol. The highest BCUT2D eigenvalue weighted by molar-refractivity contribution is 5.78. The zero-order chi connectivity index (χ0) is 11.6. The van der Waals surface area contributed by atoms with Crippen LogP contribution >= 0.6 is 0 Å². The fourth-order valence-electron chi connectivity index (χ4n) is 2.57. The maximum Gasteiger partial charge on any atom is 0.223 e. The topological polar surface area (TPSA) is 20.3 Å². The molecule has 0 spiro atoms. The molecule has 0 aromatic rings. The van der Waals surface area contributed by atoms with Gasteiger partial charge in [0.2, 0.25) is 5.91 Å². The monoisotopic (exact) mass is 221 g/mol. The minimum absolute atomic E-state index is 0.273. The molecule has 1 amide bonds. The van der Waals surface area contributed by atoms with Crippen LogP contribution in [0.15, 0.2) is 0 Å². The van der Waals surface area contributed by atoms with Crippen molar-refractivity contribution >= 4 is 5.91 Å². The zero-order valence-electron chi connectivity index (χ0n) is 10.3. The Kier molecular flexibility index (Phi) is 3.20. The van der Waals surface area contributed by atoms with Crippen LogP contribution < -0.4 is 0 Å². The molecule has 0 aromatic heterocycles. The van der Waals surface area contributed by atoms with Crippen LogP contribution in [0.4, 0.5) is 0 Å². The normalized spacial score (nSPS) is 28.0. The Bertz CT molecular complexity index is 338. The summed E-state index contributed by atoms with van der Waals surface area (Å²) >= 11 is 0. The van der Waals surface area contributed by atoms with Crippen molar-refractivity contribution in [1.82, 2.24) is 4.90 Å². The highest BCUT2D eigenvalue weighted by Crippen LogP contribution is 2.21. The summed E-state index contributed by atoms with van der Waals surface area (Å²) in [7, 11) is 4.49. The maximum absolute atomic E-state index is 11.4. The van der Waals surface area contributed by atoms with E-state index in [4.69, 9.17) is 0 Å². The Morgan fingerprint density at radius 3 is 2.81 bits per heavy atom. The van der Waals surface area contributed by atoms with Crippen molar-refractivity contribution in [2.75, 3.05) is 33.7 Å². The molecule has 3 nitrogen and oxygen atoms in total. The van der Waals surface area contributed by atoms with E-state index in [0.29, 0.717) is 19.0 Å². The van der Waals surface area contributed by atoms with E-state index in [1.54, 1.807) is 0 Å². The van der Waals surface area contributed by atoms with Gasteiger partial charge >= 0.3 is 0 Å². The number of nitrogens with zero attached hydrogens (tertiary/aromatic N) is 2. The lowest BCUT2D eigenvalue weighted by Gasteiger charge is -2.28. The van der Waals surface area contributed by atoms with E-state index < -0.39 is 0 Å². The van der Waals surface area contributed by atoms with E-state index in [1.807, 2.05) is 4.90 Å². The van der Waals surface area contributed by atoms with Gasteiger partial charge in [0.25, 0.3) is 0 Å². The largest absolute Gasteiger partial charge is 0.332 e. The number of rotatable bonds is 1. The lowest BCUT2D eigenvalue weighted by molar-refractivity contribution is -0.894. The number of likely N-dealkylation sites (tertiary alicyclic amines) is 2. The third kappa shape index (κ3) is 2.38. The van der Waals surface area contributed by atoms with Crippen LogP contribution in [-0.2, 0) is 4.79 Å². The van der Waals surface area contributed by atoms with Gasteiger partial charge in [-0.1, -0.05) is 5.92 Å². The van der Waals surface area contributed by atoms with Gasteiger partial charge in [0, 0.05) is 25.8 Å². The second-order valence-electron chi connectivity index (χ2n) is 5.40. The summed E-state index contributed by atoms with van der Waals surface area (Å²) in [5.74, 6) is 6.82. The van der Waals surface area contributed by atoms with Crippen LogP contribution in [-0.4, -0.2) is 55.1 Å². The molecule has 0 bridgehead atoms. The summed E-state index contributed by atoms with van der Waals surface area (Å²) < 4.78 is 1.01. The van der Waals surface area contributed by atoms with Crippen molar-refractivity contribution in [1.29, 1.82) is 0 Å². The van der Waals surface area contributed by atoms with E-state index in [1.165, 1.54) is 19.4 Å². The van der Waals surface area contributed by atoms with Gasteiger partial charge in [0.1, 0.15) is 0 Å². The molecule has 1 atom stereocenters. The molecule has 16 heavy (non-hydrogen) atoms. The molecule has 2 rings (SSSR count). The number of carbonyl (C=O) groups excluding carboxylic acids is 1. The molecule has 0 aromatic carbocycles. The molecule has 0 saturated carbocycles. The standard InChI is InChI=1S/C13H21N2O/c1-15(2)11-5-7-12(15)6-3-9-14-10-4-8-13(14)16/h12H,4-5,7-11H2,1-2H3/q+1/t12-/m0/s1. The van der Waals surface area contributed by atoms with E-state index in [0.717, 1.165) is 17.4 Å². The summed E-state index contributed by atoms with van der Waals surface area (Å²) in [6.45, 7) is 2.76. The fourth-order valence-corrected chi connectivity index (χ4v) is 2.57. The van der Waals surface area contributed by atoms with Crippen LogP contribution in [0.3, 0.4) is 0 Å². The first kappa shape index (κ1) is 11.5. The minimum atomic E-state index is 0.273. The van der Waals surface area contributed by atoms with E-state index in [2.05, 4.69) is 25.9 Å². The van der Waals surface area contributed by atoms with E-state index >= 15 is 0 Å². The maximum atomic E-state index is 11.4. The molecule has 3 heteroatoms. The first-order valence-electron chi connectivity index (χ1n) is 6.18. The van der Waals surface area contributed by atoms with Crippen LogP contribution in [0.5, 0.6) is 0 Å². The molecular weight excluding hydrogens is 200 g/mol. The van der Waals surface area contributed by atoms with Crippen LogP contribution in [0.25, 0.3) is 0 Å². The Labute approximate surface area is 98.0 Å². The van der Waals surface area contributed by atoms with Crippen molar-refractivity contribution in [3.05, 3.63) is 0 Å². The van der Waals surface area contributed by atoms with Gasteiger partial charge in [-0.2, -0.15) is 0 Å². The van der Waals surface area contributed by atoms with Gasteiger partial charge in [0.05, 0.1) is 27.2 Å². The molecule has 88 valence electrons. The fraction of sp³-hybridized carbons (Fsp3) is 0.769. The number of quaternary nitrogens is 1. The van der Waals surface area contributed by atoms with Crippen molar-refractivity contribution in [3.63, 3.8) is 0 Å². The lowest BCUT2D eigenvalue weighted by Crippen LogP contribution is -2.43. The third-order valence-electron chi connectivity index (χ3n) is 3.77. The molecule has 0 radical (unpaired) electrons. The SMILES string of the molecule is C[N+]1(C)CCC[C@@H]1C#CCN1CCCC1=O. The molecule has 0 aliphatic carbocycles. The molecule has 2 aliphatic heterocycles. The smallest absolute Gasteiger partial charge is 0.223 e. The Balaban J connectivity index is 1.88. The minimum Gasteiger partial charge on any atom is -0.332 e. The van der Waals surface area contributed by atoms with Crippen LogP contribution in [0.1, 0.15) is 25.7 Å². The molecule has 2 fully saturated rings. The average Bonchev–Trinajstić information content (AvgIpc) is 2.75. The van der Waals surface area contributed by atoms with Gasteiger partial charge in [-0.05, 0) is 12.3 Å². The lowest BCUT2D eigenvalue weighted by atomic mass is 10.2. The first-order chi connectivity index (χ1) is 7.59. The number of hydrogen-bond acceptors (Lipinski definition) is 1. The summed E-state index contributed by atoms with van der Waals surface area (Å²) in [5, 5.41) is 0. The van der Waals surface area contributed by atoms with Gasteiger partial charge < -0.3 is 9.38 Å². The van der Waals surface area contributed by atoms with Crippen molar-refractivity contribution in [2.24, 2.45) is 0 Å².